The summed E-state index contributed by atoms with van der Waals surface area (Å²) >= 11 is 0. The van der Waals surface area contributed by atoms with E-state index in [-0.39, 0.29) is 11.7 Å². The number of imidazole rings is 1. The molecule has 3 heterocycles. The van der Waals surface area contributed by atoms with Gasteiger partial charge in [-0.15, -0.1) is 0 Å². The number of aromatic nitrogens is 4. The zero-order valence-corrected chi connectivity index (χ0v) is 15.3. The predicted molar refractivity (Wildman–Crippen MR) is 103 cm³/mol. The van der Waals surface area contributed by atoms with Crippen LogP contribution in [0.1, 0.15) is 16.2 Å². The number of benzene rings is 1. The lowest BCUT2D eigenvalue weighted by Gasteiger charge is -2.15. The number of rotatable bonds is 5. The lowest BCUT2D eigenvalue weighted by atomic mass is 10.1. The molecule has 0 saturated carbocycles. The molecule has 0 aliphatic rings. The molecule has 7 heteroatoms. The van der Waals surface area contributed by atoms with Crippen molar-refractivity contribution >= 4 is 11.6 Å². The number of likely N-dealkylation sites (N-methyl/N-ethyl adjacent to an activating group) is 1. The average Bonchev–Trinajstić information content (AvgIpc) is 3.17. The molecular weight excluding hydrogens is 357 g/mol. The van der Waals surface area contributed by atoms with E-state index in [1.807, 2.05) is 18.2 Å². The molecule has 0 aliphatic carbocycles. The van der Waals surface area contributed by atoms with E-state index in [2.05, 4.69) is 15.0 Å². The molecular formula is C21H18FN5O. The standard InChI is InChI=1S/C21H18FN5O/c1-26(12-9-17-4-2-3-10-23-17)21(28)18-14-27-13-11-24-19(20(27)25-18)15-5-7-16(22)8-6-15/h2-8,10-11,13-14H,9,12H2,1H3. The van der Waals surface area contributed by atoms with Crippen molar-refractivity contribution in [2.45, 2.75) is 6.42 Å². The lowest BCUT2D eigenvalue weighted by molar-refractivity contribution is 0.0791. The van der Waals surface area contributed by atoms with Crippen molar-refractivity contribution in [3.63, 3.8) is 0 Å². The Balaban J connectivity index is 1.58. The normalized spacial score (nSPS) is 10.9. The molecule has 0 spiro atoms. The molecule has 0 saturated heterocycles. The lowest BCUT2D eigenvalue weighted by Crippen LogP contribution is -2.29. The van der Waals surface area contributed by atoms with Crippen LogP contribution in [-0.4, -0.2) is 43.8 Å². The first kappa shape index (κ1) is 17.8. The molecule has 140 valence electrons. The highest BCUT2D eigenvalue weighted by Gasteiger charge is 2.18. The van der Waals surface area contributed by atoms with Crippen LogP contribution in [0.4, 0.5) is 4.39 Å². The van der Waals surface area contributed by atoms with Gasteiger partial charge < -0.3 is 9.30 Å². The highest BCUT2D eigenvalue weighted by Crippen LogP contribution is 2.22. The SMILES string of the molecule is CN(CCc1ccccn1)C(=O)c1cn2ccnc(-c3ccc(F)cc3)c2n1. The molecule has 0 atom stereocenters. The molecule has 1 aromatic carbocycles. The van der Waals surface area contributed by atoms with Gasteiger partial charge in [0.1, 0.15) is 17.2 Å². The van der Waals surface area contributed by atoms with Crippen molar-refractivity contribution in [1.29, 1.82) is 0 Å². The fraction of sp³-hybridized carbons (Fsp3) is 0.143. The summed E-state index contributed by atoms with van der Waals surface area (Å²) in [5, 5.41) is 0. The smallest absolute Gasteiger partial charge is 0.273 e. The van der Waals surface area contributed by atoms with Gasteiger partial charge in [-0.2, -0.15) is 0 Å². The van der Waals surface area contributed by atoms with E-state index in [9.17, 15) is 9.18 Å². The maximum absolute atomic E-state index is 13.2. The quantitative estimate of drug-likeness (QED) is 0.537. The molecule has 3 aromatic heterocycles. The largest absolute Gasteiger partial charge is 0.340 e. The molecule has 0 N–H and O–H groups in total. The van der Waals surface area contributed by atoms with Crippen LogP contribution in [0, 0.1) is 5.82 Å². The number of carbonyl (C=O) groups excluding carboxylic acids is 1. The van der Waals surface area contributed by atoms with E-state index in [0.717, 1.165) is 11.3 Å². The van der Waals surface area contributed by atoms with Crippen LogP contribution >= 0.6 is 0 Å². The number of nitrogens with zero attached hydrogens (tertiary/aromatic N) is 5. The van der Waals surface area contributed by atoms with E-state index in [1.54, 1.807) is 53.3 Å². The van der Waals surface area contributed by atoms with Gasteiger partial charge in [0.05, 0.1) is 0 Å². The van der Waals surface area contributed by atoms with Crippen LogP contribution in [0.15, 0.2) is 67.3 Å². The summed E-state index contributed by atoms with van der Waals surface area (Å²) < 4.78 is 15.0. The Bertz CT molecular complexity index is 1110. The second kappa shape index (κ2) is 7.56. The van der Waals surface area contributed by atoms with Crippen molar-refractivity contribution in [1.82, 2.24) is 24.3 Å². The second-order valence-corrected chi connectivity index (χ2v) is 6.44. The van der Waals surface area contributed by atoms with Gasteiger partial charge in [-0.25, -0.2) is 9.37 Å². The molecule has 0 bridgehead atoms. The van der Waals surface area contributed by atoms with Crippen molar-refractivity contribution in [2.24, 2.45) is 0 Å². The number of halogens is 1. The van der Waals surface area contributed by atoms with E-state index in [4.69, 9.17) is 0 Å². The minimum absolute atomic E-state index is 0.176. The minimum atomic E-state index is -0.315. The summed E-state index contributed by atoms with van der Waals surface area (Å²) in [6.07, 6.45) is 7.46. The molecule has 28 heavy (non-hydrogen) atoms. The monoisotopic (exact) mass is 375 g/mol. The first-order valence-corrected chi connectivity index (χ1v) is 8.87. The fourth-order valence-corrected chi connectivity index (χ4v) is 2.96. The van der Waals surface area contributed by atoms with E-state index in [0.29, 0.717) is 30.0 Å². The number of hydrogen-bond donors (Lipinski definition) is 0. The Labute approximate surface area is 161 Å². The number of pyridine rings is 1. The van der Waals surface area contributed by atoms with Crippen molar-refractivity contribution in [3.8, 4) is 11.3 Å². The highest BCUT2D eigenvalue weighted by molar-refractivity contribution is 5.93. The third-order valence-electron chi connectivity index (χ3n) is 4.49. The van der Waals surface area contributed by atoms with Gasteiger partial charge in [-0.1, -0.05) is 6.07 Å². The van der Waals surface area contributed by atoms with Gasteiger partial charge in [0.2, 0.25) is 0 Å². The second-order valence-electron chi connectivity index (χ2n) is 6.44. The van der Waals surface area contributed by atoms with Crippen LogP contribution < -0.4 is 0 Å². The van der Waals surface area contributed by atoms with Crippen LogP contribution in [0.5, 0.6) is 0 Å². The molecule has 0 aliphatic heterocycles. The van der Waals surface area contributed by atoms with E-state index < -0.39 is 0 Å². The average molecular weight is 375 g/mol. The number of amides is 1. The summed E-state index contributed by atoms with van der Waals surface area (Å²) in [5.41, 5.74) is 3.15. The Morgan fingerprint density at radius 3 is 2.68 bits per heavy atom. The first-order chi connectivity index (χ1) is 13.6. The third kappa shape index (κ3) is 3.59. The summed E-state index contributed by atoms with van der Waals surface area (Å²) in [6.45, 7) is 0.535. The molecule has 1 amide bonds. The van der Waals surface area contributed by atoms with Crippen LogP contribution in [0.2, 0.25) is 0 Å². The van der Waals surface area contributed by atoms with Gasteiger partial charge in [-0.05, 0) is 36.4 Å². The fourth-order valence-electron chi connectivity index (χ4n) is 2.96. The van der Waals surface area contributed by atoms with Crippen molar-refractivity contribution < 1.29 is 9.18 Å². The Morgan fingerprint density at radius 2 is 1.93 bits per heavy atom. The zero-order valence-electron chi connectivity index (χ0n) is 15.3. The van der Waals surface area contributed by atoms with Crippen molar-refractivity contribution in [2.75, 3.05) is 13.6 Å². The molecule has 4 rings (SSSR count). The minimum Gasteiger partial charge on any atom is -0.340 e. The topological polar surface area (TPSA) is 63.4 Å². The predicted octanol–water partition coefficient (Wildman–Crippen LogP) is 3.25. The Hall–Kier alpha value is -3.61. The summed E-state index contributed by atoms with van der Waals surface area (Å²) in [6, 6.07) is 11.8. The zero-order chi connectivity index (χ0) is 19.5. The van der Waals surface area contributed by atoms with Crippen LogP contribution in [0.3, 0.4) is 0 Å². The third-order valence-corrected chi connectivity index (χ3v) is 4.49. The maximum atomic E-state index is 13.2. The molecule has 0 radical (unpaired) electrons. The Morgan fingerprint density at radius 1 is 1.11 bits per heavy atom. The first-order valence-electron chi connectivity index (χ1n) is 8.87. The number of carbonyl (C=O) groups is 1. The van der Waals surface area contributed by atoms with Gasteiger partial charge in [0.25, 0.3) is 5.91 Å². The van der Waals surface area contributed by atoms with E-state index in [1.165, 1.54) is 12.1 Å². The van der Waals surface area contributed by atoms with Gasteiger partial charge in [-0.3, -0.25) is 14.8 Å². The van der Waals surface area contributed by atoms with Gasteiger partial charge in [0.15, 0.2) is 5.65 Å². The van der Waals surface area contributed by atoms with E-state index >= 15 is 0 Å². The summed E-state index contributed by atoms with van der Waals surface area (Å²) in [4.78, 5) is 27.5. The molecule has 6 nitrogen and oxygen atoms in total. The van der Waals surface area contributed by atoms with Gasteiger partial charge in [0, 0.05) is 56.1 Å². The summed E-state index contributed by atoms with van der Waals surface area (Å²) in [5.74, 6) is -0.492. The molecule has 4 aromatic rings. The number of fused-ring (bicyclic) bond motifs is 1. The Kier molecular flexibility index (Phi) is 4.80. The van der Waals surface area contributed by atoms with Gasteiger partial charge >= 0.3 is 0 Å². The van der Waals surface area contributed by atoms with Crippen LogP contribution in [0.25, 0.3) is 16.9 Å². The molecule has 0 fully saturated rings. The van der Waals surface area contributed by atoms with Crippen molar-refractivity contribution in [3.05, 3.63) is 84.5 Å². The van der Waals surface area contributed by atoms with Crippen LogP contribution in [-0.2, 0) is 6.42 Å². The number of hydrogen-bond acceptors (Lipinski definition) is 4. The highest BCUT2D eigenvalue weighted by atomic mass is 19.1. The maximum Gasteiger partial charge on any atom is 0.273 e. The molecule has 0 unspecified atom stereocenters. The summed E-state index contributed by atoms with van der Waals surface area (Å²) in [7, 11) is 1.74.